The lowest BCUT2D eigenvalue weighted by Gasteiger charge is -2.17. The fourth-order valence-corrected chi connectivity index (χ4v) is 1.96. The van der Waals surface area contributed by atoms with E-state index in [1.807, 2.05) is 12.1 Å². The van der Waals surface area contributed by atoms with Crippen LogP contribution in [0.4, 0.5) is 0 Å². The number of hydrogen-bond donors (Lipinski definition) is 0. The Morgan fingerprint density at radius 3 is 2.53 bits per heavy atom. The second kappa shape index (κ2) is 6.07. The largest absolute Gasteiger partial charge is 0.224 e. The van der Waals surface area contributed by atoms with Crippen LogP contribution in [-0.2, 0) is 6.42 Å². The number of alkyl halides is 1. The molecule has 1 aromatic rings. The maximum atomic E-state index is 9.04. The van der Waals surface area contributed by atoms with Crippen LogP contribution in [0.5, 0.6) is 0 Å². The van der Waals surface area contributed by atoms with E-state index in [0.717, 1.165) is 0 Å². The van der Waals surface area contributed by atoms with Crippen molar-refractivity contribution in [3.8, 4) is 12.1 Å². The Labute approximate surface area is 115 Å². The van der Waals surface area contributed by atoms with Gasteiger partial charge >= 0.3 is 0 Å². The van der Waals surface area contributed by atoms with Gasteiger partial charge in [-0.2, -0.15) is 10.5 Å². The van der Waals surface area contributed by atoms with Crippen molar-refractivity contribution in [1.82, 2.24) is 4.98 Å². The van der Waals surface area contributed by atoms with E-state index in [2.05, 4.69) is 4.98 Å². The summed E-state index contributed by atoms with van der Waals surface area (Å²) in [5, 5.41) is 18.1. The number of pyridine rings is 1. The predicted molar refractivity (Wildman–Crippen MR) is 67.0 cm³/mol. The molecule has 0 aliphatic heterocycles. The zero-order valence-corrected chi connectivity index (χ0v) is 11.0. The van der Waals surface area contributed by atoms with Gasteiger partial charge in [-0.05, 0) is 18.1 Å². The smallest absolute Gasteiger partial charge is 0.136 e. The highest BCUT2D eigenvalue weighted by Gasteiger charge is 2.28. The number of aromatic nitrogens is 1. The summed E-state index contributed by atoms with van der Waals surface area (Å²) in [6.07, 6.45) is 0.728. The van der Waals surface area contributed by atoms with E-state index in [1.165, 1.54) is 0 Å². The van der Waals surface area contributed by atoms with Crippen molar-refractivity contribution >= 4 is 34.8 Å². The lowest BCUT2D eigenvalue weighted by atomic mass is 9.96. The molecule has 1 heterocycles. The molecule has 0 amide bonds. The van der Waals surface area contributed by atoms with Gasteiger partial charge in [0.2, 0.25) is 0 Å². The number of rotatable bonds is 4. The van der Waals surface area contributed by atoms with Crippen molar-refractivity contribution < 1.29 is 0 Å². The quantitative estimate of drug-likeness (QED) is 0.626. The molecule has 0 aliphatic rings. The molecule has 1 atom stereocenters. The monoisotopic (exact) mass is 287 g/mol. The van der Waals surface area contributed by atoms with Gasteiger partial charge in [-0.3, -0.25) is 0 Å². The topological polar surface area (TPSA) is 60.5 Å². The summed E-state index contributed by atoms with van der Waals surface area (Å²) in [6, 6.07) is 7.22. The van der Waals surface area contributed by atoms with Crippen LogP contribution in [0.3, 0.4) is 0 Å². The van der Waals surface area contributed by atoms with E-state index in [0.29, 0.717) is 5.56 Å². The van der Waals surface area contributed by atoms with Gasteiger partial charge in [0.25, 0.3) is 0 Å². The molecule has 0 aliphatic carbocycles. The van der Waals surface area contributed by atoms with Crippen LogP contribution in [0.1, 0.15) is 18.4 Å². The molecule has 88 valence electrons. The van der Waals surface area contributed by atoms with E-state index < -0.39 is 4.87 Å². The Balaban J connectivity index is 2.88. The molecule has 1 unspecified atom stereocenters. The molecule has 0 saturated heterocycles. The maximum Gasteiger partial charge on any atom is 0.136 e. The average Bonchev–Trinajstić information content (AvgIpc) is 2.30. The normalized spacial score (nSPS) is 13.5. The maximum absolute atomic E-state index is 9.04. The minimum Gasteiger partial charge on any atom is -0.224 e. The molecular formula is C11H8Cl3N3. The second-order valence-electron chi connectivity index (χ2n) is 3.50. The zero-order chi connectivity index (χ0) is 12.9. The van der Waals surface area contributed by atoms with Crippen LogP contribution >= 0.6 is 34.8 Å². The first-order chi connectivity index (χ1) is 8.00. The Morgan fingerprint density at radius 2 is 2.00 bits per heavy atom. The van der Waals surface area contributed by atoms with Crippen LogP contribution in [0.15, 0.2) is 12.1 Å². The van der Waals surface area contributed by atoms with Gasteiger partial charge in [0.15, 0.2) is 0 Å². The lowest BCUT2D eigenvalue weighted by molar-refractivity contribution is 0.648. The van der Waals surface area contributed by atoms with E-state index in [1.54, 1.807) is 12.1 Å². The fourth-order valence-electron chi connectivity index (χ4n) is 1.31. The van der Waals surface area contributed by atoms with Gasteiger partial charge < -0.3 is 0 Å². The molecule has 1 rings (SSSR count). The third-order valence-electron chi connectivity index (χ3n) is 2.20. The second-order valence-corrected chi connectivity index (χ2v) is 4.96. The number of hydrogen-bond acceptors (Lipinski definition) is 3. The molecule has 1 aromatic heterocycles. The first kappa shape index (κ1) is 14.1. The molecule has 0 radical (unpaired) electrons. The molecule has 0 fully saturated rings. The highest BCUT2D eigenvalue weighted by Crippen LogP contribution is 2.29. The van der Waals surface area contributed by atoms with Crippen LogP contribution in [0.25, 0.3) is 0 Å². The van der Waals surface area contributed by atoms with E-state index in [9.17, 15) is 0 Å². The Kier molecular flexibility index (Phi) is 5.02. The summed E-state index contributed by atoms with van der Waals surface area (Å²) in [7, 11) is 0. The summed E-state index contributed by atoms with van der Waals surface area (Å²) in [6.45, 7) is 0. The standard InChI is InChI=1S/C11H8Cl3N3/c12-9-3-2-8(10(13)17-9)6-11(14,7-16)4-1-5-15/h2-3H,1,4,6H2. The molecule has 6 heteroatoms. The minimum absolute atomic E-state index is 0.218. The Morgan fingerprint density at radius 1 is 1.29 bits per heavy atom. The van der Waals surface area contributed by atoms with Crippen molar-refractivity contribution in [2.45, 2.75) is 24.1 Å². The van der Waals surface area contributed by atoms with Gasteiger partial charge in [-0.1, -0.05) is 29.3 Å². The van der Waals surface area contributed by atoms with Crippen LogP contribution in [0.2, 0.25) is 10.3 Å². The number of nitrogens with zero attached hydrogens (tertiary/aromatic N) is 3. The van der Waals surface area contributed by atoms with Gasteiger partial charge in [0.05, 0.1) is 12.1 Å². The SMILES string of the molecule is N#CCCC(Cl)(C#N)Cc1ccc(Cl)nc1Cl. The summed E-state index contributed by atoms with van der Waals surface area (Å²) < 4.78 is 0. The van der Waals surface area contributed by atoms with Gasteiger partial charge in [-0.25, -0.2) is 4.98 Å². The Bertz CT molecular complexity index is 490. The first-order valence-electron chi connectivity index (χ1n) is 4.79. The van der Waals surface area contributed by atoms with Gasteiger partial charge in [0.1, 0.15) is 15.2 Å². The number of nitriles is 2. The fraction of sp³-hybridized carbons (Fsp3) is 0.364. The van der Waals surface area contributed by atoms with Crippen molar-refractivity contribution in [2.24, 2.45) is 0 Å². The third kappa shape index (κ3) is 4.06. The molecule has 0 bridgehead atoms. The molecule has 3 nitrogen and oxygen atoms in total. The molecule has 0 spiro atoms. The molecule has 0 aromatic carbocycles. The van der Waals surface area contributed by atoms with Crippen LogP contribution in [0, 0.1) is 22.7 Å². The molecule has 0 saturated carbocycles. The molecular weight excluding hydrogens is 281 g/mol. The number of halogens is 3. The molecule has 17 heavy (non-hydrogen) atoms. The lowest BCUT2D eigenvalue weighted by Crippen LogP contribution is -2.22. The summed E-state index contributed by atoms with van der Waals surface area (Å²) in [5.41, 5.74) is 0.644. The zero-order valence-electron chi connectivity index (χ0n) is 8.75. The van der Waals surface area contributed by atoms with Crippen LogP contribution < -0.4 is 0 Å². The summed E-state index contributed by atoms with van der Waals surface area (Å²) >= 11 is 17.7. The van der Waals surface area contributed by atoms with E-state index in [4.69, 9.17) is 45.3 Å². The Hall–Kier alpha value is -1.00. The molecule has 0 N–H and O–H groups in total. The van der Waals surface area contributed by atoms with Gasteiger partial charge in [0, 0.05) is 12.8 Å². The summed E-state index contributed by atoms with van der Waals surface area (Å²) in [5.74, 6) is 0. The third-order valence-corrected chi connectivity index (χ3v) is 3.14. The summed E-state index contributed by atoms with van der Waals surface area (Å²) in [4.78, 5) is 2.74. The van der Waals surface area contributed by atoms with Crippen molar-refractivity contribution in [2.75, 3.05) is 0 Å². The van der Waals surface area contributed by atoms with Crippen molar-refractivity contribution in [3.63, 3.8) is 0 Å². The van der Waals surface area contributed by atoms with E-state index >= 15 is 0 Å². The highest BCUT2D eigenvalue weighted by atomic mass is 35.5. The van der Waals surface area contributed by atoms with Gasteiger partial charge in [-0.15, -0.1) is 11.6 Å². The first-order valence-corrected chi connectivity index (χ1v) is 5.92. The predicted octanol–water partition coefficient (Wildman–Crippen LogP) is 3.74. The van der Waals surface area contributed by atoms with Crippen LogP contribution in [-0.4, -0.2) is 9.86 Å². The minimum atomic E-state index is -1.13. The van der Waals surface area contributed by atoms with Crippen molar-refractivity contribution in [1.29, 1.82) is 10.5 Å². The van der Waals surface area contributed by atoms with E-state index in [-0.39, 0.29) is 29.6 Å². The highest BCUT2D eigenvalue weighted by molar-refractivity contribution is 6.33. The average molecular weight is 289 g/mol. The van der Waals surface area contributed by atoms with Crippen molar-refractivity contribution in [3.05, 3.63) is 28.0 Å².